The number of hydrogen-bond donors (Lipinski definition) is 4. The highest BCUT2D eigenvalue weighted by Gasteiger charge is 2.13. The van der Waals surface area contributed by atoms with Gasteiger partial charge >= 0.3 is 0 Å². The van der Waals surface area contributed by atoms with Gasteiger partial charge in [-0.3, -0.25) is 0 Å². The fourth-order valence-electron chi connectivity index (χ4n) is 7.39. The second-order valence-corrected chi connectivity index (χ2v) is 13.8. The number of anilines is 4. The first-order valence-corrected chi connectivity index (χ1v) is 19.0. The van der Waals surface area contributed by atoms with Crippen molar-refractivity contribution in [2.75, 3.05) is 49.5 Å². The molecule has 0 aliphatic carbocycles. The van der Waals surface area contributed by atoms with Crippen LogP contribution < -0.4 is 21.3 Å². The normalized spacial score (nSPS) is 10.9. The standard InChI is InChI=1S/C51H45N5/c1-52-44-22-24-48(54-3)46(32-44)39-18-8-14-35(26-39)37-16-10-20-41(28-37)50-30-43(34-12-6-5-7-13-34)31-51(56-50)42-21-11-17-38(29-42)36-15-9-19-40(27-36)47-33-45(53-2)23-25-49(47)55-4/h5-33,52-55H,1-4H3. The molecular formula is C51H45N5. The molecule has 0 aliphatic rings. The molecule has 0 bridgehead atoms. The lowest BCUT2D eigenvalue weighted by Gasteiger charge is -2.14. The molecule has 0 aliphatic heterocycles. The zero-order valence-corrected chi connectivity index (χ0v) is 32.2. The summed E-state index contributed by atoms with van der Waals surface area (Å²) >= 11 is 0. The van der Waals surface area contributed by atoms with Crippen molar-refractivity contribution >= 4 is 22.7 Å². The smallest absolute Gasteiger partial charge is 0.0715 e. The lowest BCUT2D eigenvalue weighted by atomic mass is 9.94. The van der Waals surface area contributed by atoms with Crippen molar-refractivity contribution in [3.63, 3.8) is 0 Å². The molecule has 56 heavy (non-hydrogen) atoms. The van der Waals surface area contributed by atoms with Crippen molar-refractivity contribution in [1.29, 1.82) is 0 Å². The predicted octanol–water partition coefficient (Wildman–Crippen LogP) is 12.9. The molecule has 8 aromatic rings. The minimum absolute atomic E-state index is 0.926. The Morgan fingerprint density at radius 3 is 1.07 bits per heavy atom. The molecule has 0 unspecified atom stereocenters. The van der Waals surface area contributed by atoms with Crippen LogP contribution in [0.3, 0.4) is 0 Å². The summed E-state index contributed by atoms with van der Waals surface area (Å²) in [6, 6.07) is 62.8. The SMILES string of the molecule is CNc1ccc(NC)c(-c2cccc(-c3cccc(-c4cc(-c5ccccc5)cc(-c5cccc(-c6cccc(-c7cc(NC)ccc7NC)c6)c5)n4)c3)c2)c1. The number of nitrogens with one attached hydrogen (secondary N) is 4. The van der Waals surface area contributed by atoms with Gasteiger partial charge in [0.2, 0.25) is 0 Å². The first-order valence-electron chi connectivity index (χ1n) is 19.0. The number of aromatic nitrogens is 1. The largest absolute Gasteiger partial charge is 0.388 e. The van der Waals surface area contributed by atoms with Gasteiger partial charge in [0.1, 0.15) is 0 Å². The van der Waals surface area contributed by atoms with Crippen LogP contribution in [0.2, 0.25) is 0 Å². The van der Waals surface area contributed by atoms with Gasteiger partial charge in [0.25, 0.3) is 0 Å². The molecule has 0 fully saturated rings. The molecule has 1 heterocycles. The summed E-state index contributed by atoms with van der Waals surface area (Å²) in [4.78, 5) is 5.35. The van der Waals surface area contributed by atoms with E-state index in [1.54, 1.807) is 0 Å². The van der Waals surface area contributed by atoms with Gasteiger partial charge in [0.05, 0.1) is 11.4 Å². The molecule has 5 heteroatoms. The third-order valence-corrected chi connectivity index (χ3v) is 10.4. The Kier molecular flexibility index (Phi) is 10.3. The van der Waals surface area contributed by atoms with Crippen molar-refractivity contribution in [3.8, 4) is 78.1 Å². The summed E-state index contributed by atoms with van der Waals surface area (Å²) in [6.45, 7) is 0. The summed E-state index contributed by atoms with van der Waals surface area (Å²) in [5.74, 6) is 0. The molecule has 0 saturated heterocycles. The molecule has 8 rings (SSSR count). The van der Waals surface area contributed by atoms with Crippen molar-refractivity contribution in [2.45, 2.75) is 0 Å². The van der Waals surface area contributed by atoms with Crippen LogP contribution in [0.25, 0.3) is 78.1 Å². The quantitative estimate of drug-likeness (QED) is 0.107. The Labute approximate surface area is 330 Å². The van der Waals surface area contributed by atoms with Crippen molar-refractivity contribution in [1.82, 2.24) is 4.98 Å². The van der Waals surface area contributed by atoms with Crippen LogP contribution >= 0.6 is 0 Å². The van der Waals surface area contributed by atoms with E-state index in [0.717, 1.165) is 101 Å². The minimum atomic E-state index is 0.926. The molecule has 0 radical (unpaired) electrons. The Morgan fingerprint density at radius 1 is 0.286 bits per heavy atom. The van der Waals surface area contributed by atoms with Gasteiger partial charge in [-0.05, 0) is 117 Å². The average molecular weight is 728 g/mol. The number of nitrogens with zero attached hydrogens (tertiary/aromatic N) is 1. The summed E-state index contributed by atoms with van der Waals surface area (Å²) in [6.07, 6.45) is 0. The van der Waals surface area contributed by atoms with Gasteiger partial charge in [-0.25, -0.2) is 4.98 Å². The monoisotopic (exact) mass is 727 g/mol. The maximum atomic E-state index is 5.35. The average Bonchev–Trinajstić information content (AvgIpc) is 3.28. The van der Waals surface area contributed by atoms with Gasteiger partial charge in [0.15, 0.2) is 0 Å². The molecule has 274 valence electrons. The lowest BCUT2D eigenvalue weighted by Crippen LogP contribution is -1.95. The Morgan fingerprint density at radius 2 is 0.661 bits per heavy atom. The van der Waals surface area contributed by atoms with E-state index in [-0.39, 0.29) is 0 Å². The van der Waals surface area contributed by atoms with Crippen LogP contribution in [0.4, 0.5) is 22.7 Å². The topological polar surface area (TPSA) is 61.0 Å². The fraction of sp³-hybridized carbons (Fsp3) is 0.0784. The van der Waals surface area contributed by atoms with Crippen molar-refractivity contribution in [2.24, 2.45) is 0 Å². The number of rotatable bonds is 11. The molecule has 4 N–H and O–H groups in total. The Balaban J connectivity index is 1.19. The highest BCUT2D eigenvalue weighted by atomic mass is 14.8. The Bertz CT molecular complexity index is 2490. The molecule has 0 amide bonds. The zero-order chi connectivity index (χ0) is 38.4. The van der Waals surface area contributed by atoms with Crippen LogP contribution in [0, 0.1) is 0 Å². The molecule has 0 atom stereocenters. The van der Waals surface area contributed by atoms with Crippen LogP contribution in [0.1, 0.15) is 0 Å². The summed E-state index contributed by atoms with van der Waals surface area (Å²) in [7, 11) is 7.84. The van der Waals surface area contributed by atoms with Crippen molar-refractivity contribution in [3.05, 3.63) is 176 Å². The molecule has 5 nitrogen and oxygen atoms in total. The molecule has 1 aromatic heterocycles. The van der Waals surface area contributed by atoms with E-state index in [0.29, 0.717) is 0 Å². The fourth-order valence-corrected chi connectivity index (χ4v) is 7.39. The highest BCUT2D eigenvalue weighted by Crippen LogP contribution is 2.38. The Hall–Kier alpha value is -7.11. The number of benzene rings is 7. The van der Waals surface area contributed by atoms with Gasteiger partial charge < -0.3 is 21.3 Å². The van der Waals surface area contributed by atoms with E-state index in [1.807, 2.05) is 28.2 Å². The minimum Gasteiger partial charge on any atom is -0.388 e. The molecular weight excluding hydrogens is 683 g/mol. The number of pyridine rings is 1. The van der Waals surface area contributed by atoms with E-state index < -0.39 is 0 Å². The highest BCUT2D eigenvalue weighted by molar-refractivity contribution is 5.87. The van der Waals surface area contributed by atoms with Crippen LogP contribution in [0.15, 0.2) is 176 Å². The third kappa shape index (κ3) is 7.48. The predicted molar refractivity (Wildman–Crippen MR) is 240 cm³/mol. The van der Waals surface area contributed by atoms with Gasteiger partial charge in [-0.2, -0.15) is 0 Å². The van der Waals surface area contributed by atoms with E-state index in [2.05, 4.69) is 197 Å². The van der Waals surface area contributed by atoms with Crippen LogP contribution in [-0.2, 0) is 0 Å². The third-order valence-electron chi connectivity index (χ3n) is 10.4. The summed E-state index contributed by atoms with van der Waals surface area (Å²) in [5.41, 5.74) is 19.8. The van der Waals surface area contributed by atoms with Gasteiger partial charge in [-0.15, -0.1) is 0 Å². The summed E-state index contributed by atoms with van der Waals surface area (Å²) in [5, 5.41) is 13.3. The van der Waals surface area contributed by atoms with Crippen LogP contribution in [-0.4, -0.2) is 33.2 Å². The van der Waals surface area contributed by atoms with Crippen molar-refractivity contribution < 1.29 is 0 Å². The van der Waals surface area contributed by atoms with E-state index in [1.165, 1.54) is 0 Å². The second-order valence-electron chi connectivity index (χ2n) is 13.8. The molecule has 0 spiro atoms. The van der Waals surface area contributed by atoms with E-state index >= 15 is 0 Å². The summed E-state index contributed by atoms with van der Waals surface area (Å²) < 4.78 is 0. The van der Waals surface area contributed by atoms with Gasteiger partial charge in [-0.1, -0.05) is 103 Å². The van der Waals surface area contributed by atoms with Gasteiger partial charge in [0, 0.05) is 73.2 Å². The van der Waals surface area contributed by atoms with Crippen LogP contribution in [0.5, 0.6) is 0 Å². The molecule has 0 saturated carbocycles. The second kappa shape index (κ2) is 16.1. The van der Waals surface area contributed by atoms with E-state index in [9.17, 15) is 0 Å². The first-order chi connectivity index (χ1) is 27.5. The number of hydrogen-bond acceptors (Lipinski definition) is 5. The maximum Gasteiger partial charge on any atom is 0.0715 e. The zero-order valence-electron chi connectivity index (χ0n) is 32.2. The molecule has 7 aromatic carbocycles. The maximum absolute atomic E-state index is 5.35. The van der Waals surface area contributed by atoms with E-state index in [4.69, 9.17) is 4.98 Å². The lowest BCUT2D eigenvalue weighted by molar-refractivity contribution is 1.32. The first kappa shape index (κ1) is 35.9.